The Hall–Kier alpha value is -2.88. The van der Waals surface area contributed by atoms with E-state index in [9.17, 15) is 9.59 Å². The Morgan fingerprint density at radius 2 is 1.59 bits per heavy atom. The van der Waals surface area contributed by atoms with E-state index in [1.807, 2.05) is 24.3 Å². The van der Waals surface area contributed by atoms with Crippen molar-refractivity contribution in [1.29, 1.82) is 0 Å². The standard InChI is InChI=1S/C18H15NO3/c1-2-13-6-8-15(9-7-13)22-16-5-3-4-14(12-16)19-17(20)10-11-18(19)21/h3-12H,2H2,1H3. The van der Waals surface area contributed by atoms with Gasteiger partial charge in [0.1, 0.15) is 11.5 Å². The lowest BCUT2D eigenvalue weighted by Gasteiger charge is -2.15. The number of benzene rings is 2. The zero-order valence-corrected chi connectivity index (χ0v) is 12.2. The zero-order valence-electron chi connectivity index (χ0n) is 12.2. The fraction of sp³-hybridized carbons (Fsp3) is 0.111. The number of rotatable bonds is 4. The highest BCUT2D eigenvalue weighted by molar-refractivity contribution is 6.28. The molecular weight excluding hydrogens is 278 g/mol. The van der Waals surface area contributed by atoms with Gasteiger partial charge >= 0.3 is 0 Å². The predicted octanol–water partition coefficient (Wildman–Crippen LogP) is 3.47. The summed E-state index contributed by atoms with van der Waals surface area (Å²) < 4.78 is 5.78. The molecule has 0 atom stereocenters. The summed E-state index contributed by atoms with van der Waals surface area (Å²) in [6.07, 6.45) is 3.50. The number of hydrogen-bond acceptors (Lipinski definition) is 3. The van der Waals surface area contributed by atoms with Gasteiger partial charge in [0.2, 0.25) is 0 Å². The quantitative estimate of drug-likeness (QED) is 0.811. The first kappa shape index (κ1) is 14.1. The molecule has 0 N–H and O–H groups in total. The molecule has 1 heterocycles. The molecule has 0 bridgehead atoms. The van der Waals surface area contributed by atoms with Crippen molar-refractivity contribution in [2.75, 3.05) is 4.90 Å². The second-order valence-corrected chi connectivity index (χ2v) is 4.94. The number of carbonyl (C=O) groups excluding carboxylic acids is 2. The topological polar surface area (TPSA) is 46.6 Å². The van der Waals surface area contributed by atoms with Gasteiger partial charge in [0.25, 0.3) is 11.8 Å². The van der Waals surface area contributed by atoms with Gasteiger partial charge < -0.3 is 4.74 Å². The number of anilines is 1. The molecule has 0 saturated carbocycles. The SMILES string of the molecule is CCc1ccc(Oc2cccc(N3C(=O)C=CC3=O)c2)cc1. The summed E-state index contributed by atoms with van der Waals surface area (Å²) in [4.78, 5) is 24.5. The first-order valence-corrected chi connectivity index (χ1v) is 7.10. The van der Waals surface area contributed by atoms with Gasteiger partial charge in [0, 0.05) is 18.2 Å². The minimum absolute atomic E-state index is 0.338. The maximum Gasteiger partial charge on any atom is 0.258 e. The molecule has 0 saturated heterocycles. The molecule has 4 nitrogen and oxygen atoms in total. The van der Waals surface area contributed by atoms with Crippen LogP contribution in [-0.2, 0) is 16.0 Å². The second kappa shape index (κ2) is 5.85. The van der Waals surface area contributed by atoms with Crippen LogP contribution in [-0.4, -0.2) is 11.8 Å². The lowest BCUT2D eigenvalue weighted by atomic mass is 10.2. The first-order chi connectivity index (χ1) is 10.7. The Balaban J connectivity index is 1.82. The van der Waals surface area contributed by atoms with Crippen LogP contribution >= 0.6 is 0 Å². The Morgan fingerprint density at radius 3 is 2.23 bits per heavy atom. The van der Waals surface area contributed by atoms with Gasteiger partial charge in [-0.2, -0.15) is 0 Å². The average Bonchev–Trinajstić information content (AvgIpc) is 2.87. The maximum atomic E-state index is 11.7. The summed E-state index contributed by atoms with van der Waals surface area (Å²) in [7, 11) is 0. The molecule has 4 heteroatoms. The van der Waals surface area contributed by atoms with E-state index in [2.05, 4.69) is 6.92 Å². The van der Waals surface area contributed by atoms with Crippen LogP contribution in [0.25, 0.3) is 0 Å². The molecule has 0 spiro atoms. The summed E-state index contributed by atoms with van der Waals surface area (Å²) in [6.45, 7) is 2.09. The van der Waals surface area contributed by atoms with Crippen LogP contribution in [0.1, 0.15) is 12.5 Å². The summed E-state index contributed by atoms with van der Waals surface area (Å²) in [5.74, 6) is 0.615. The van der Waals surface area contributed by atoms with E-state index in [1.165, 1.54) is 17.7 Å². The van der Waals surface area contributed by atoms with Crippen LogP contribution in [0.4, 0.5) is 5.69 Å². The average molecular weight is 293 g/mol. The Kier molecular flexibility index (Phi) is 3.74. The molecular formula is C18H15NO3. The van der Waals surface area contributed by atoms with Crippen LogP contribution < -0.4 is 9.64 Å². The molecule has 2 aromatic carbocycles. The number of imide groups is 1. The maximum absolute atomic E-state index is 11.7. The molecule has 0 aromatic heterocycles. The fourth-order valence-corrected chi connectivity index (χ4v) is 2.27. The van der Waals surface area contributed by atoms with Crippen LogP contribution in [0.5, 0.6) is 11.5 Å². The highest BCUT2D eigenvalue weighted by Crippen LogP contribution is 2.27. The predicted molar refractivity (Wildman–Crippen MR) is 84.0 cm³/mol. The normalized spacial score (nSPS) is 13.8. The molecule has 22 heavy (non-hydrogen) atoms. The third kappa shape index (κ3) is 2.76. The van der Waals surface area contributed by atoms with Crippen LogP contribution in [0, 0.1) is 0 Å². The van der Waals surface area contributed by atoms with Crippen molar-refractivity contribution in [1.82, 2.24) is 0 Å². The van der Waals surface area contributed by atoms with Crippen molar-refractivity contribution in [3.05, 3.63) is 66.2 Å². The van der Waals surface area contributed by atoms with Gasteiger partial charge in [-0.15, -0.1) is 0 Å². The summed E-state index contributed by atoms with van der Waals surface area (Å²) in [5.41, 5.74) is 1.74. The largest absolute Gasteiger partial charge is 0.457 e. The van der Waals surface area contributed by atoms with Crippen molar-refractivity contribution >= 4 is 17.5 Å². The van der Waals surface area contributed by atoms with Crippen molar-refractivity contribution in [2.24, 2.45) is 0 Å². The highest BCUT2D eigenvalue weighted by atomic mass is 16.5. The molecule has 0 unspecified atom stereocenters. The highest BCUT2D eigenvalue weighted by Gasteiger charge is 2.25. The van der Waals surface area contributed by atoms with Gasteiger partial charge in [-0.25, -0.2) is 4.90 Å². The van der Waals surface area contributed by atoms with Crippen LogP contribution in [0.3, 0.4) is 0 Å². The molecule has 0 radical (unpaired) electrons. The monoisotopic (exact) mass is 293 g/mol. The summed E-state index contributed by atoms with van der Waals surface area (Å²) in [5, 5.41) is 0. The van der Waals surface area contributed by atoms with Crippen molar-refractivity contribution in [3.63, 3.8) is 0 Å². The number of ether oxygens (including phenoxy) is 1. The fourth-order valence-electron chi connectivity index (χ4n) is 2.27. The first-order valence-electron chi connectivity index (χ1n) is 7.10. The van der Waals surface area contributed by atoms with Crippen molar-refractivity contribution < 1.29 is 14.3 Å². The number of amides is 2. The molecule has 110 valence electrons. The zero-order chi connectivity index (χ0) is 15.5. The van der Waals surface area contributed by atoms with Crippen molar-refractivity contribution in [2.45, 2.75) is 13.3 Å². The van der Waals surface area contributed by atoms with Crippen LogP contribution in [0.2, 0.25) is 0 Å². The van der Waals surface area contributed by atoms with Gasteiger partial charge in [0.15, 0.2) is 0 Å². The second-order valence-electron chi connectivity index (χ2n) is 4.94. The smallest absolute Gasteiger partial charge is 0.258 e. The Labute approximate surface area is 128 Å². The van der Waals surface area contributed by atoms with E-state index in [1.54, 1.807) is 24.3 Å². The van der Waals surface area contributed by atoms with Crippen LogP contribution in [0.15, 0.2) is 60.7 Å². The number of carbonyl (C=O) groups is 2. The van der Waals surface area contributed by atoms with Gasteiger partial charge in [-0.05, 0) is 36.2 Å². The molecule has 2 aromatic rings. The van der Waals surface area contributed by atoms with E-state index in [0.717, 1.165) is 11.3 Å². The lowest BCUT2D eigenvalue weighted by molar-refractivity contribution is -0.119. The Bertz CT molecular complexity index is 729. The number of hydrogen-bond donors (Lipinski definition) is 0. The summed E-state index contributed by atoms with van der Waals surface area (Å²) in [6, 6.07) is 14.7. The van der Waals surface area contributed by atoms with Gasteiger partial charge in [-0.1, -0.05) is 25.1 Å². The van der Waals surface area contributed by atoms with Crippen molar-refractivity contribution in [3.8, 4) is 11.5 Å². The van der Waals surface area contributed by atoms with E-state index in [0.29, 0.717) is 17.2 Å². The van der Waals surface area contributed by atoms with E-state index in [4.69, 9.17) is 4.74 Å². The van der Waals surface area contributed by atoms with E-state index in [-0.39, 0.29) is 11.8 Å². The van der Waals surface area contributed by atoms with Gasteiger partial charge in [-0.3, -0.25) is 9.59 Å². The molecule has 1 aliphatic heterocycles. The summed E-state index contributed by atoms with van der Waals surface area (Å²) >= 11 is 0. The minimum atomic E-state index is -0.338. The molecule has 1 aliphatic rings. The molecule has 0 aliphatic carbocycles. The third-order valence-electron chi connectivity index (χ3n) is 3.45. The van der Waals surface area contributed by atoms with Gasteiger partial charge in [0.05, 0.1) is 5.69 Å². The Morgan fingerprint density at radius 1 is 0.909 bits per heavy atom. The number of aryl methyl sites for hydroxylation is 1. The number of nitrogens with zero attached hydrogens (tertiary/aromatic N) is 1. The third-order valence-corrected chi connectivity index (χ3v) is 3.45. The van der Waals surface area contributed by atoms with E-state index >= 15 is 0 Å². The van der Waals surface area contributed by atoms with E-state index < -0.39 is 0 Å². The molecule has 3 rings (SSSR count). The molecule has 2 amide bonds. The molecule has 0 fully saturated rings. The lowest BCUT2D eigenvalue weighted by Crippen LogP contribution is -2.29. The minimum Gasteiger partial charge on any atom is -0.457 e.